The van der Waals surface area contributed by atoms with Crippen LogP contribution in [0.25, 0.3) is 0 Å². The Morgan fingerprint density at radius 2 is 1.69 bits per heavy atom. The van der Waals surface area contributed by atoms with Gasteiger partial charge in [-0.1, -0.05) is 56.3 Å². The van der Waals surface area contributed by atoms with E-state index in [0.29, 0.717) is 24.2 Å². The summed E-state index contributed by atoms with van der Waals surface area (Å²) in [4.78, 5) is 26.5. The maximum absolute atomic E-state index is 13.4. The Balaban J connectivity index is 1.58. The molecule has 0 saturated heterocycles. The standard InChI is InChI=1S/C30H30N2O3/c1-4-35-22-13-10-19(11-14-22)28-27-25(17-30(2,3)18-26(27)33)31-24-16-21(12-15-23(24)32-28)29(34)20-8-6-5-7-9-20/h5-16,28,31-32H,4,17-18H2,1-3H3/t28-/m1/s1. The maximum Gasteiger partial charge on any atom is 0.193 e. The average molecular weight is 467 g/mol. The molecule has 0 amide bonds. The highest BCUT2D eigenvalue weighted by Crippen LogP contribution is 2.45. The van der Waals surface area contributed by atoms with Crippen molar-refractivity contribution < 1.29 is 14.3 Å². The van der Waals surface area contributed by atoms with E-state index in [1.165, 1.54) is 0 Å². The van der Waals surface area contributed by atoms with Gasteiger partial charge in [-0.25, -0.2) is 0 Å². The van der Waals surface area contributed by atoms with Crippen molar-refractivity contribution in [3.63, 3.8) is 0 Å². The van der Waals surface area contributed by atoms with E-state index in [2.05, 4.69) is 24.5 Å². The summed E-state index contributed by atoms with van der Waals surface area (Å²) in [6, 6.07) is 22.5. The molecule has 3 aromatic rings. The van der Waals surface area contributed by atoms with Crippen LogP contribution in [0.15, 0.2) is 84.1 Å². The van der Waals surface area contributed by atoms with E-state index in [1.807, 2.05) is 79.7 Å². The van der Waals surface area contributed by atoms with Crippen LogP contribution in [0, 0.1) is 5.41 Å². The first kappa shape index (κ1) is 22.9. The molecule has 0 aromatic heterocycles. The lowest BCUT2D eigenvalue weighted by atomic mass is 9.73. The molecule has 0 unspecified atom stereocenters. The molecule has 1 heterocycles. The number of carbonyl (C=O) groups is 2. The molecule has 1 aliphatic heterocycles. The van der Waals surface area contributed by atoms with Crippen LogP contribution in [-0.4, -0.2) is 18.2 Å². The summed E-state index contributed by atoms with van der Waals surface area (Å²) in [6.07, 6.45) is 1.25. The normalized spacial score (nSPS) is 18.5. The largest absolute Gasteiger partial charge is 0.494 e. The van der Waals surface area contributed by atoms with Crippen LogP contribution < -0.4 is 15.4 Å². The number of carbonyl (C=O) groups excluding carboxylic acids is 2. The number of hydrogen-bond donors (Lipinski definition) is 2. The molecule has 2 N–H and O–H groups in total. The Morgan fingerprint density at radius 3 is 2.40 bits per heavy atom. The number of Topliss-reactive ketones (excluding diaryl/α,β-unsaturated/α-hetero) is 1. The highest BCUT2D eigenvalue weighted by atomic mass is 16.5. The molecule has 0 spiro atoms. The number of benzene rings is 3. The minimum Gasteiger partial charge on any atom is -0.494 e. The average Bonchev–Trinajstić information content (AvgIpc) is 3.00. The third-order valence-corrected chi connectivity index (χ3v) is 6.64. The second kappa shape index (κ2) is 9.06. The molecule has 0 saturated carbocycles. The SMILES string of the molecule is CCOc1ccc([C@H]2Nc3ccc(C(=O)c4ccccc4)cc3NC3=C2C(=O)CC(C)(C)C3)cc1. The third kappa shape index (κ3) is 4.59. The van der Waals surface area contributed by atoms with Gasteiger partial charge in [0.1, 0.15) is 5.75 Å². The first-order valence-electron chi connectivity index (χ1n) is 12.1. The Labute approximate surface area is 206 Å². The van der Waals surface area contributed by atoms with E-state index in [0.717, 1.165) is 40.4 Å². The number of hydrogen-bond acceptors (Lipinski definition) is 5. The molecule has 5 rings (SSSR count). The van der Waals surface area contributed by atoms with Crippen LogP contribution in [0.4, 0.5) is 11.4 Å². The summed E-state index contributed by atoms with van der Waals surface area (Å²) < 4.78 is 5.61. The number of allylic oxidation sites excluding steroid dienone is 1. The lowest BCUT2D eigenvalue weighted by Crippen LogP contribution is -2.31. The molecule has 0 fully saturated rings. The maximum atomic E-state index is 13.4. The van der Waals surface area contributed by atoms with Gasteiger partial charge in [-0.3, -0.25) is 9.59 Å². The lowest BCUT2D eigenvalue weighted by molar-refractivity contribution is -0.118. The molecule has 1 aliphatic carbocycles. The molecule has 35 heavy (non-hydrogen) atoms. The second-order valence-electron chi connectivity index (χ2n) is 9.99. The van der Waals surface area contributed by atoms with Gasteiger partial charge in [0.25, 0.3) is 0 Å². The molecule has 2 aliphatic rings. The minimum atomic E-state index is -0.297. The predicted molar refractivity (Wildman–Crippen MR) is 139 cm³/mol. The number of anilines is 2. The van der Waals surface area contributed by atoms with Gasteiger partial charge in [0.15, 0.2) is 11.6 Å². The molecular formula is C30H30N2O3. The van der Waals surface area contributed by atoms with Crippen LogP contribution in [0.1, 0.15) is 61.1 Å². The fourth-order valence-corrected chi connectivity index (χ4v) is 5.02. The van der Waals surface area contributed by atoms with Gasteiger partial charge in [0, 0.05) is 28.8 Å². The van der Waals surface area contributed by atoms with E-state index in [1.54, 1.807) is 0 Å². The van der Waals surface area contributed by atoms with Gasteiger partial charge < -0.3 is 15.4 Å². The van der Waals surface area contributed by atoms with Crippen molar-refractivity contribution in [3.8, 4) is 5.75 Å². The molecule has 178 valence electrons. The topological polar surface area (TPSA) is 67.4 Å². The van der Waals surface area contributed by atoms with Crippen molar-refractivity contribution in [2.24, 2.45) is 5.41 Å². The fourth-order valence-electron chi connectivity index (χ4n) is 5.02. The number of rotatable bonds is 5. The molecule has 5 heteroatoms. The van der Waals surface area contributed by atoms with Crippen LogP contribution >= 0.6 is 0 Å². The number of nitrogens with one attached hydrogen (secondary N) is 2. The highest BCUT2D eigenvalue weighted by Gasteiger charge is 2.38. The van der Waals surface area contributed by atoms with Gasteiger partial charge >= 0.3 is 0 Å². The molecule has 0 bridgehead atoms. The van der Waals surface area contributed by atoms with Crippen molar-refractivity contribution in [2.75, 3.05) is 17.2 Å². The summed E-state index contributed by atoms with van der Waals surface area (Å²) >= 11 is 0. The molecule has 1 atom stereocenters. The van der Waals surface area contributed by atoms with Gasteiger partial charge in [-0.2, -0.15) is 0 Å². The van der Waals surface area contributed by atoms with Crippen LogP contribution in [-0.2, 0) is 4.79 Å². The smallest absolute Gasteiger partial charge is 0.193 e. The lowest BCUT2D eigenvalue weighted by Gasteiger charge is -2.34. The summed E-state index contributed by atoms with van der Waals surface area (Å²) in [5.74, 6) is 0.915. The number of fused-ring (bicyclic) bond motifs is 1. The monoisotopic (exact) mass is 466 g/mol. The number of ether oxygens (including phenoxy) is 1. The Hall–Kier alpha value is -3.86. The van der Waals surface area contributed by atoms with Gasteiger partial charge in [-0.05, 0) is 54.7 Å². The molecule has 0 radical (unpaired) electrons. The van der Waals surface area contributed by atoms with Crippen molar-refractivity contribution >= 4 is 22.9 Å². The van der Waals surface area contributed by atoms with E-state index in [9.17, 15) is 9.59 Å². The van der Waals surface area contributed by atoms with Gasteiger partial charge in [-0.15, -0.1) is 0 Å². The first-order chi connectivity index (χ1) is 16.8. The Bertz CT molecular complexity index is 1310. The fraction of sp³-hybridized carbons (Fsp3) is 0.267. The summed E-state index contributed by atoms with van der Waals surface area (Å²) in [6.45, 7) is 6.80. The molecule has 3 aromatic carbocycles. The predicted octanol–water partition coefficient (Wildman–Crippen LogP) is 6.54. The Morgan fingerprint density at radius 1 is 0.943 bits per heavy atom. The number of ketones is 2. The van der Waals surface area contributed by atoms with Crippen LogP contribution in [0.2, 0.25) is 0 Å². The third-order valence-electron chi connectivity index (χ3n) is 6.64. The molecular weight excluding hydrogens is 436 g/mol. The van der Waals surface area contributed by atoms with E-state index in [-0.39, 0.29) is 23.0 Å². The van der Waals surface area contributed by atoms with Gasteiger partial charge in [0.2, 0.25) is 0 Å². The van der Waals surface area contributed by atoms with Crippen molar-refractivity contribution in [1.29, 1.82) is 0 Å². The van der Waals surface area contributed by atoms with Crippen LogP contribution in [0.3, 0.4) is 0 Å². The summed E-state index contributed by atoms with van der Waals surface area (Å²) in [5, 5.41) is 7.14. The second-order valence-corrected chi connectivity index (χ2v) is 9.99. The van der Waals surface area contributed by atoms with E-state index in [4.69, 9.17) is 4.74 Å². The quantitative estimate of drug-likeness (QED) is 0.418. The molecule has 5 nitrogen and oxygen atoms in total. The zero-order valence-electron chi connectivity index (χ0n) is 20.4. The summed E-state index contributed by atoms with van der Waals surface area (Å²) in [7, 11) is 0. The van der Waals surface area contributed by atoms with Gasteiger partial charge in [0.05, 0.1) is 24.0 Å². The van der Waals surface area contributed by atoms with Crippen molar-refractivity contribution in [2.45, 2.75) is 39.7 Å². The first-order valence-corrected chi connectivity index (χ1v) is 12.1. The van der Waals surface area contributed by atoms with Crippen molar-refractivity contribution in [1.82, 2.24) is 0 Å². The summed E-state index contributed by atoms with van der Waals surface area (Å²) in [5.41, 5.74) is 5.44. The van der Waals surface area contributed by atoms with Crippen molar-refractivity contribution in [3.05, 3.63) is 101 Å². The van der Waals surface area contributed by atoms with Crippen LogP contribution in [0.5, 0.6) is 5.75 Å². The van der Waals surface area contributed by atoms with E-state index >= 15 is 0 Å². The zero-order chi connectivity index (χ0) is 24.6. The Kier molecular flexibility index (Phi) is 5.93. The van der Waals surface area contributed by atoms with E-state index < -0.39 is 0 Å². The zero-order valence-corrected chi connectivity index (χ0v) is 20.4. The highest BCUT2D eigenvalue weighted by molar-refractivity contribution is 6.10. The minimum absolute atomic E-state index is 0.0308.